The van der Waals surface area contributed by atoms with Gasteiger partial charge in [0.1, 0.15) is 12.0 Å². The van der Waals surface area contributed by atoms with Gasteiger partial charge in [0.2, 0.25) is 0 Å². The van der Waals surface area contributed by atoms with E-state index in [-0.39, 0.29) is 11.5 Å². The van der Waals surface area contributed by atoms with E-state index < -0.39 is 17.3 Å². The molecule has 0 bridgehead atoms. The van der Waals surface area contributed by atoms with Crippen LogP contribution in [0.15, 0.2) is 41.6 Å². The summed E-state index contributed by atoms with van der Waals surface area (Å²) >= 11 is -1.31. The second-order valence-electron chi connectivity index (χ2n) is 6.21. The molecule has 0 fully saturated rings. The molecule has 0 saturated carbocycles. The van der Waals surface area contributed by atoms with Crippen molar-refractivity contribution in [2.75, 3.05) is 26.0 Å². The molecule has 2 atom stereocenters. The van der Waals surface area contributed by atoms with E-state index in [1.165, 1.54) is 18.5 Å². The van der Waals surface area contributed by atoms with Gasteiger partial charge in [-0.15, -0.1) is 0 Å². The van der Waals surface area contributed by atoms with Crippen LogP contribution in [-0.4, -0.2) is 50.8 Å². The highest BCUT2D eigenvalue weighted by Crippen LogP contribution is 2.26. The Morgan fingerprint density at radius 3 is 2.78 bits per heavy atom. The molecule has 8 heteroatoms. The number of nitrogens with one attached hydrogen (secondary N) is 1. The standard InChI is InChI=1S/C19H26N2O5S/c1-27(25)19-9-15(4-5-17(19)23)18(24)12-20-6-2-3-7-26-13-14-8-16(22)11-21-10-14/h4-5,8-11,18,20,22-24H,2-3,6-7,12-13H2,1H3. The van der Waals surface area contributed by atoms with Gasteiger partial charge in [0.15, 0.2) is 10.6 Å². The maximum absolute atomic E-state index is 11.6. The number of hydrogen-bond donors (Lipinski definition) is 4. The molecule has 0 radical (unpaired) electrons. The van der Waals surface area contributed by atoms with E-state index >= 15 is 0 Å². The fraction of sp³-hybridized carbons (Fsp3) is 0.421. The predicted molar refractivity (Wildman–Crippen MR) is 103 cm³/mol. The summed E-state index contributed by atoms with van der Waals surface area (Å²) < 4.78 is 17.1. The Hall–Kier alpha value is -1.84. The molecule has 148 valence electrons. The van der Waals surface area contributed by atoms with Gasteiger partial charge < -0.3 is 29.9 Å². The van der Waals surface area contributed by atoms with Crippen molar-refractivity contribution in [1.29, 1.82) is 0 Å². The number of aromatic nitrogens is 1. The molecule has 2 unspecified atom stereocenters. The van der Waals surface area contributed by atoms with Gasteiger partial charge in [-0.1, -0.05) is 6.07 Å². The van der Waals surface area contributed by atoms with E-state index in [1.54, 1.807) is 24.4 Å². The summed E-state index contributed by atoms with van der Waals surface area (Å²) in [5, 5.41) is 32.4. The molecule has 0 amide bonds. The van der Waals surface area contributed by atoms with Gasteiger partial charge in [0, 0.05) is 25.4 Å². The number of hydrogen-bond acceptors (Lipinski definition) is 7. The summed E-state index contributed by atoms with van der Waals surface area (Å²) in [6.07, 6.45) is 5.55. The first kappa shape index (κ1) is 21.5. The van der Waals surface area contributed by atoms with E-state index in [0.29, 0.717) is 30.2 Å². The predicted octanol–water partition coefficient (Wildman–Crippen LogP) is 1.85. The third-order valence-corrected chi connectivity index (χ3v) is 4.90. The summed E-state index contributed by atoms with van der Waals surface area (Å²) in [5.41, 5.74) is 1.45. The summed E-state index contributed by atoms with van der Waals surface area (Å²) in [6.45, 7) is 2.12. The number of unbranched alkanes of at least 4 members (excludes halogenated alkanes) is 1. The van der Waals surface area contributed by atoms with Crippen LogP contribution < -0.4 is 5.32 Å². The number of pyridine rings is 1. The monoisotopic (exact) mass is 394 g/mol. The Balaban J connectivity index is 1.59. The van der Waals surface area contributed by atoms with Crippen LogP contribution in [0, 0.1) is 0 Å². The molecule has 0 aliphatic rings. The minimum Gasteiger partial charge on any atom is -0.612 e. The second kappa shape index (κ2) is 11.1. The number of phenolic OH excluding ortho intramolecular Hbond substituents is 1. The van der Waals surface area contributed by atoms with Crippen molar-refractivity contribution in [1.82, 2.24) is 10.3 Å². The third-order valence-electron chi connectivity index (χ3n) is 3.96. The van der Waals surface area contributed by atoms with Gasteiger partial charge in [-0.3, -0.25) is 4.98 Å². The lowest BCUT2D eigenvalue weighted by Crippen LogP contribution is -2.23. The lowest BCUT2D eigenvalue weighted by molar-refractivity contribution is 0.116. The van der Waals surface area contributed by atoms with Crippen LogP contribution in [0.5, 0.6) is 11.5 Å². The van der Waals surface area contributed by atoms with Crippen LogP contribution in [0.25, 0.3) is 0 Å². The minimum atomic E-state index is -1.31. The van der Waals surface area contributed by atoms with E-state index in [2.05, 4.69) is 10.3 Å². The molecule has 1 aromatic carbocycles. The van der Waals surface area contributed by atoms with Crippen LogP contribution in [-0.2, 0) is 22.5 Å². The molecule has 27 heavy (non-hydrogen) atoms. The number of aromatic hydroxyl groups is 2. The van der Waals surface area contributed by atoms with E-state index in [4.69, 9.17) is 4.74 Å². The highest BCUT2D eigenvalue weighted by molar-refractivity contribution is 7.90. The van der Waals surface area contributed by atoms with Crippen molar-refractivity contribution in [3.05, 3.63) is 47.8 Å². The van der Waals surface area contributed by atoms with Gasteiger partial charge >= 0.3 is 0 Å². The molecule has 2 aromatic rings. The molecule has 0 saturated heterocycles. The summed E-state index contributed by atoms with van der Waals surface area (Å²) in [6, 6.07) is 6.28. The lowest BCUT2D eigenvalue weighted by Gasteiger charge is -2.14. The fourth-order valence-corrected chi connectivity index (χ4v) is 3.19. The maximum atomic E-state index is 11.6. The number of aliphatic hydroxyl groups excluding tert-OH is 1. The van der Waals surface area contributed by atoms with Crippen molar-refractivity contribution in [2.45, 2.75) is 30.4 Å². The van der Waals surface area contributed by atoms with Gasteiger partial charge in [-0.05, 0) is 53.8 Å². The second-order valence-corrected chi connectivity index (χ2v) is 7.56. The van der Waals surface area contributed by atoms with Crippen molar-refractivity contribution in [3.8, 4) is 11.5 Å². The van der Waals surface area contributed by atoms with Crippen LogP contribution >= 0.6 is 0 Å². The normalized spacial score (nSPS) is 13.4. The Morgan fingerprint density at radius 1 is 1.22 bits per heavy atom. The van der Waals surface area contributed by atoms with Crippen LogP contribution in [0.3, 0.4) is 0 Å². The molecule has 0 spiro atoms. The van der Waals surface area contributed by atoms with Gasteiger partial charge in [-0.2, -0.15) is 0 Å². The molecular formula is C19H26N2O5S. The number of phenols is 1. The highest BCUT2D eigenvalue weighted by atomic mass is 32.2. The first-order valence-corrected chi connectivity index (χ1v) is 10.3. The SMILES string of the molecule is C[S+]([O-])c1cc(C(O)CNCCCCOCc2cncc(O)c2)ccc1O. The van der Waals surface area contributed by atoms with Crippen molar-refractivity contribution in [3.63, 3.8) is 0 Å². The smallest absolute Gasteiger partial charge is 0.194 e. The topological polar surface area (TPSA) is 118 Å². The summed E-state index contributed by atoms with van der Waals surface area (Å²) in [5.74, 6) is 0.103. The van der Waals surface area contributed by atoms with E-state index in [1.807, 2.05) is 0 Å². The van der Waals surface area contributed by atoms with Gasteiger partial charge in [0.25, 0.3) is 0 Å². The van der Waals surface area contributed by atoms with E-state index in [0.717, 1.165) is 24.9 Å². The van der Waals surface area contributed by atoms with Crippen LogP contribution in [0.4, 0.5) is 0 Å². The zero-order valence-electron chi connectivity index (χ0n) is 15.3. The zero-order chi connectivity index (χ0) is 19.6. The molecule has 0 aliphatic heterocycles. The van der Waals surface area contributed by atoms with E-state index in [9.17, 15) is 19.9 Å². The first-order valence-electron chi connectivity index (χ1n) is 8.73. The molecule has 7 nitrogen and oxygen atoms in total. The average molecular weight is 394 g/mol. The van der Waals surface area contributed by atoms with Gasteiger partial charge in [-0.25, -0.2) is 0 Å². The lowest BCUT2D eigenvalue weighted by atomic mass is 10.1. The fourth-order valence-electron chi connectivity index (χ4n) is 2.52. The summed E-state index contributed by atoms with van der Waals surface area (Å²) in [7, 11) is 0. The highest BCUT2D eigenvalue weighted by Gasteiger charge is 2.15. The maximum Gasteiger partial charge on any atom is 0.194 e. The number of nitrogens with zero attached hydrogens (tertiary/aromatic N) is 1. The molecule has 0 aliphatic carbocycles. The molecule has 2 rings (SSSR count). The zero-order valence-corrected chi connectivity index (χ0v) is 16.1. The minimum absolute atomic E-state index is 0.0266. The van der Waals surface area contributed by atoms with Gasteiger partial charge in [0.05, 0.1) is 18.9 Å². The average Bonchev–Trinajstić information content (AvgIpc) is 2.64. The number of rotatable bonds is 11. The largest absolute Gasteiger partial charge is 0.612 e. The Kier molecular flexibility index (Phi) is 8.83. The number of aliphatic hydroxyl groups is 1. The molecule has 1 aromatic heterocycles. The molecule has 1 heterocycles. The van der Waals surface area contributed by atoms with Crippen molar-refractivity contribution in [2.24, 2.45) is 0 Å². The number of benzene rings is 1. The first-order chi connectivity index (χ1) is 13.0. The third kappa shape index (κ3) is 7.36. The molecular weight excluding hydrogens is 368 g/mol. The van der Waals surface area contributed by atoms with Crippen LogP contribution in [0.1, 0.15) is 30.1 Å². The van der Waals surface area contributed by atoms with Crippen molar-refractivity contribution < 1.29 is 24.6 Å². The Labute approximate surface area is 162 Å². The van der Waals surface area contributed by atoms with Crippen molar-refractivity contribution >= 4 is 11.2 Å². The number of ether oxygens (including phenoxy) is 1. The Morgan fingerprint density at radius 2 is 2.04 bits per heavy atom. The quantitative estimate of drug-likeness (QED) is 0.339. The Bertz CT molecular complexity index is 714. The molecule has 4 N–H and O–H groups in total. The van der Waals surface area contributed by atoms with Crippen LogP contribution in [0.2, 0.25) is 0 Å². The summed E-state index contributed by atoms with van der Waals surface area (Å²) in [4.78, 5) is 4.22.